The smallest absolute Gasteiger partial charge is 0.332 e. The lowest BCUT2D eigenvalue weighted by atomic mass is 10.1. The van der Waals surface area contributed by atoms with Gasteiger partial charge in [0.05, 0.1) is 12.8 Å². The van der Waals surface area contributed by atoms with E-state index in [2.05, 4.69) is 17.1 Å². The van der Waals surface area contributed by atoms with Crippen LogP contribution in [0.5, 0.6) is 5.75 Å². The minimum absolute atomic E-state index is 0.612. The van der Waals surface area contributed by atoms with Gasteiger partial charge in [0.25, 0.3) is 0 Å². The maximum atomic E-state index is 10.5. The van der Waals surface area contributed by atoms with Crippen LogP contribution in [0.15, 0.2) is 36.0 Å². The lowest BCUT2D eigenvalue weighted by Crippen LogP contribution is -2.24. The van der Waals surface area contributed by atoms with E-state index in [1.165, 1.54) is 6.21 Å². The lowest BCUT2D eigenvalue weighted by molar-refractivity contribution is 0.249. The molecule has 1 aromatic carbocycles. The summed E-state index contributed by atoms with van der Waals surface area (Å²) in [6.45, 7) is 6.26. The number of benzene rings is 1. The van der Waals surface area contributed by atoms with Gasteiger partial charge in [-0.1, -0.05) is 6.08 Å². The van der Waals surface area contributed by atoms with Gasteiger partial charge in [0.1, 0.15) is 5.75 Å². The van der Waals surface area contributed by atoms with Crippen molar-refractivity contribution in [3.05, 3.63) is 42.0 Å². The number of carbonyl (C=O) groups excluding carboxylic acids is 1. The van der Waals surface area contributed by atoms with Gasteiger partial charge in [-0.15, -0.1) is 6.58 Å². The van der Waals surface area contributed by atoms with Crippen LogP contribution >= 0.6 is 0 Å². The summed E-state index contributed by atoms with van der Waals surface area (Å²) in [5.41, 5.74) is 8.92. The predicted molar refractivity (Wildman–Crippen MR) is 71.8 cm³/mol. The highest BCUT2D eigenvalue weighted by Crippen LogP contribution is 2.20. The van der Waals surface area contributed by atoms with Crippen LogP contribution < -0.4 is 15.9 Å². The summed E-state index contributed by atoms with van der Waals surface area (Å²) in [6.07, 6.45) is 4.04. The Labute approximate surface area is 106 Å². The average Bonchev–Trinajstić information content (AvgIpc) is 2.32. The van der Waals surface area contributed by atoms with Crippen LogP contribution in [0.25, 0.3) is 0 Å². The van der Waals surface area contributed by atoms with Gasteiger partial charge >= 0.3 is 6.03 Å². The van der Waals surface area contributed by atoms with Crippen LogP contribution in [0.3, 0.4) is 0 Å². The minimum Gasteiger partial charge on any atom is -0.494 e. The molecule has 0 atom stereocenters. The number of nitrogens with one attached hydrogen (secondary N) is 1. The number of allylic oxidation sites excluding steroid dienone is 1. The van der Waals surface area contributed by atoms with Crippen LogP contribution in [0.4, 0.5) is 4.79 Å². The molecule has 5 heteroatoms. The molecule has 1 aromatic rings. The summed E-state index contributed by atoms with van der Waals surface area (Å²) in [6, 6.07) is 4.96. The van der Waals surface area contributed by atoms with Gasteiger partial charge in [0.15, 0.2) is 0 Å². The molecular formula is C13H17N3O2. The topological polar surface area (TPSA) is 76.7 Å². The zero-order chi connectivity index (χ0) is 13.4. The summed E-state index contributed by atoms with van der Waals surface area (Å²) in [7, 11) is 0. The number of nitrogens with two attached hydrogens (primary N) is 1. The van der Waals surface area contributed by atoms with Gasteiger partial charge in [0, 0.05) is 0 Å². The van der Waals surface area contributed by atoms with E-state index in [-0.39, 0.29) is 0 Å². The van der Waals surface area contributed by atoms with Crippen molar-refractivity contribution < 1.29 is 9.53 Å². The molecule has 0 aliphatic rings. The maximum Gasteiger partial charge on any atom is 0.332 e. The van der Waals surface area contributed by atoms with Gasteiger partial charge in [-0.2, -0.15) is 5.10 Å². The second-order valence-corrected chi connectivity index (χ2v) is 3.53. The first-order valence-corrected chi connectivity index (χ1v) is 5.62. The Kier molecular flexibility index (Phi) is 5.44. The molecule has 0 aliphatic carbocycles. The Morgan fingerprint density at radius 1 is 1.61 bits per heavy atom. The Balaban J connectivity index is 2.88. The zero-order valence-electron chi connectivity index (χ0n) is 10.3. The first kappa shape index (κ1) is 13.8. The number of amides is 2. The third-order valence-corrected chi connectivity index (χ3v) is 2.14. The van der Waals surface area contributed by atoms with Crippen LogP contribution in [0.2, 0.25) is 0 Å². The minimum atomic E-state index is -0.691. The summed E-state index contributed by atoms with van der Waals surface area (Å²) >= 11 is 0. The first-order valence-electron chi connectivity index (χ1n) is 5.62. The van der Waals surface area contributed by atoms with Crippen LogP contribution in [0, 0.1) is 0 Å². The Hall–Kier alpha value is -2.30. The molecule has 3 N–H and O–H groups in total. The lowest BCUT2D eigenvalue weighted by Gasteiger charge is -2.09. The quantitative estimate of drug-likeness (QED) is 0.457. The number of nitrogens with zero attached hydrogens (tertiary/aromatic N) is 1. The monoisotopic (exact) mass is 247 g/mol. The molecule has 5 nitrogen and oxygen atoms in total. The Morgan fingerprint density at radius 3 is 3.00 bits per heavy atom. The van der Waals surface area contributed by atoms with Crippen LogP contribution in [-0.4, -0.2) is 18.9 Å². The third kappa shape index (κ3) is 4.29. The molecule has 0 aromatic heterocycles. The van der Waals surface area contributed by atoms with E-state index in [0.29, 0.717) is 13.0 Å². The number of hydrazone groups is 1. The molecule has 2 amide bonds. The molecule has 0 saturated heterocycles. The van der Waals surface area contributed by atoms with E-state index in [1.807, 2.05) is 25.1 Å². The van der Waals surface area contributed by atoms with Crippen LogP contribution in [-0.2, 0) is 6.42 Å². The maximum absolute atomic E-state index is 10.5. The SMILES string of the molecule is C=CCc1cc(C=NNC(N)=O)ccc1OCC. The van der Waals surface area contributed by atoms with Gasteiger partial charge in [0.2, 0.25) is 0 Å². The average molecular weight is 247 g/mol. The van der Waals surface area contributed by atoms with E-state index in [9.17, 15) is 4.79 Å². The molecule has 18 heavy (non-hydrogen) atoms. The third-order valence-electron chi connectivity index (χ3n) is 2.14. The number of urea groups is 1. The van der Waals surface area contributed by atoms with E-state index >= 15 is 0 Å². The predicted octanol–water partition coefficient (Wildman–Crippen LogP) is 1.82. The van der Waals surface area contributed by atoms with Crippen molar-refractivity contribution >= 4 is 12.2 Å². The number of ether oxygens (including phenoxy) is 1. The van der Waals surface area contributed by atoms with E-state index in [0.717, 1.165) is 16.9 Å². The molecule has 0 radical (unpaired) electrons. The zero-order valence-corrected chi connectivity index (χ0v) is 10.3. The molecule has 0 fully saturated rings. The number of hydrogen-bond acceptors (Lipinski definition) is 3. The van der Waals surface area contributed by atoms with Crippen molar-refractivity contribution in [3.8, 4) is 5.75 Å². The fraction of sp³-hybridized carbons (Fsp3) is 0.231. The van der Waals surface area contributed by atoms with Crippen molar-refractivity contribution in [2.75, 3.05) is 6.61 Å². The Bertz CT molecular complexity index is 456. The number of rotatable bonds is 6. The molecule has 1 rings (SSSR count). The van der Waals surface area contributed by atoms with Gasteiger partial charge < -0.3 is 10.5 Å². The highest BCUT2D eigenvalue weighted by atomic mass is 16.5. The molecule has 0 unspecified atom stereocenters. The summed E-state index contributed by atoms with van der Waals surface area (Å²) in [5, 5.41) is 3.70. The standard InChI is InChI=1S/C13H17N3O2/c1-3-5-11-8-10(9-15-16-13(14)17)6-7-12(11)18-4-2/h3,6-9H,1,4-5H2,2H3,(H3,14,16,17). The second-order valence-electron chi connectivity index (χ2n) is 3.53. The largest absolute Gasteiger partial charge is 0.494 e. The van der Waals surface area contributed by atoms with Crippen molar-refractivity contribution in [3.63, 3.8) is 0 Å². The van der Waals surface area contributed by atoms with Gasteiger partial charge in [-0.3, -0.25) is 0 Å². The summed E-state index contributed by atoms with van der Waals surface area (Å²) in [5.74, 6) is 0.831. The fourth-order valence-corrected chi connectivity index (χ4v) is 1.46. The van der Waals surface area contributed by atoms with Crippen molar-refractivity contribution in [1.82, 2.24) is 5.43 Å². The van der Waals surface area contributed by atoms with Gasteiger partial charge in [-0.05, 0) is 42.7 Å². The molecule has 0 heterocycles. The first-order chi connectivity index (χ1) is 8.67. The molecular weight excluding hydrogens is 230 g/mol. The molecule has 0 aliphatic heterocycles. The van der Waals surface area contributed by atoms with E-state index in [4.69, 9.17) is 10.5 Å². The molecule has 96 valence electrons. The second kappa shape index (κ2) is 7.11. The van der Waals surface area contributed by atoms with Crippen LogP contribution in [0.1, 0.15) is 18.1 Å². The van der Waals surface area contributed by atoms with Crippen molar-refractivity contribution in [2.24, 2.45) is 10.8 Å². The van der Waals surface area contributed by atoms with Gasteiger partial charge in [-0.25, -0.2) is 10.2 Å². The normalized spacial score (nSPS) is 10.3. The highest BCUT2D eigenvalue weighted by Gasteiger charge is 2.02. The number of carbonyl (C=O) groups is 1. The fourth-order valence-electron chi connectivity index (χ4n) is 1.46. The summed E-state index contributed by atoms with van der Waals surface area (Å²) in [4.78, 5) is 10.5. The van der Waals surface area contributed by atoms with Crippen molar-refractivity contribution in [2.45, 2.75) is 13.3 Å². The molecule has 0 bridgehead atoms. The van der Waals surface area contributed by atoms with E-state index in [1.54, 1.807) is 6.08 Å². The highest BCUT2D eigenvalue weighted by molar-refractivity contribution is 5.82. The summed E-state index contributed by atoms with van der Waals surface area (Å²) < 4.78 is 5.51. The number of primary amides is 1. The Morgan fingerprint density at radius 2 is 2.39 bits per heavy atom. The molecule has 0 spiro atoms. The van der Waals surface area contributed by atoms with Crippen molar-refractivity contribution in [1.29, 1.82) is 0 Å². The molecule has 0 saturated carbocycles. The number of hydrogen-bond donors (Lipinski definition) is 2. The van der Waals surface area contributed by atoms with E-state index < -0.39 is 6.03 Å².